The maximum atomic E-state index is 14.8. The minimum atomic E-state index is -0.722. The number of aromatic amines is 1. The van der Waals surface area contributed by atoms with Gasteiger partial charge in [-0.1, -0.05) is 43.5 Å². The zero-order valence-corrected chi connectivity index (χ0v) is 24.5. The van der Waals surface area contributed by atoms with Crippen molar-refractivity contribution in [3.05, 3.63) is 108 Å². The van der Waals surface area contributed by atoms with Crippen LogP contribution < -0.4 is 19.5 Å². The Morgan fingerprint density at radius 3 is 2.65 bits per heavy atom. The van der Waals surface area contributed by atoms with E-state index in [1.807, 2.05) is 56.4 Å². The van der Waals surface area contributed by atoms with E-state index in [-0.39, 0.29) is 30.5 Å². The second-order valence-electron chi connectivity index (χ2n) is 10.6. The number of H-pyrrole nitrogens is 1. The van der Waals surface area contributed by atoms with Crippen LogP contribution in [0.3, 0.4) is 0 Å². The predicted molar refractivity (Wildman–Crippen MR) is 167 cm³/mol. The first-order valence-corrected chi connectivity index (χ1v) is 14.1. The molecule has 5 rings (SSSR count). The largest absolute Gasteiger partial charge is 0.493 e. The number of aromatic nitrogens is 1. The smallest absolute Gasteiger partial charge is 0.252 e. The van der Waals surface area contributed by atoms with Crippen molar-refractivity contribution in [3.63, 3.8) is 0 Å². The Morgan fingerprint density at radius 2 is 1.95 bits per heavy atom. The van der Waals surface area contributed by atoms with E-state index in [2.05, 4.69) is 23.5 Å². The number of aliphatic hydroxyl groups excluding tert-OH is 1. The van der Waals surface area contributed by atoms with E-state index in [1.165, 1.54) is 12.2 Å². The highest BCUT2D eigenvalue weighted by Crippen LogP contribution is 2.45. The number of fused-ring (bicyclic) bond motifs is 4. The lowest BCUT2D eigenvalue weighted by Crippen LogP contribution is -2.39. The van der Waals surface area contributed by atoms with Crippen LogP contribution in [0, 0.1) is 0 Å². The number of methoxy groups -OCH3 is 1. The third kappa shape index (κ3) is 6.05. The van der Waals surface area contributed by atoms with E-state index >= 15 is 0 Å². The van der Waals surface area contributed by atoms with Crippen molar-refractivity contribution < 1.29 is 28.5 Å². The summed E-state index contributed by atoms with van der Waals surface area (Å²) in [6.45, 7) is 11.0. The van der Waals surface area contributed by atoms with Crippen LogP contribution in [-0.4, -0.2) is 41.9 Å². The summed E-state index contributed by atoms with van der Waals surface area (Å²) in [5, 5.41) is 14.2. The summed E-state index contributed by atoms with van der Waals surface area (Å²) in [6.07, 6.45) is 5.10. The molecule has 0 radical (unpaired) electrons. The summed E-state index contributed by atoms with van der Waals surface area (Å²) >= 11 is 0. The van der Waals surface area contributed by atoms with E-state index in [0.717, 1.165) is 27.6 Å². The Bertz CT molecular complexity index is 1740. The van der Waals surface area contributed by atoms with Gasteiger partial charge in [0.2, 0.25) is 0 Å². The van der Waals surface area contributed by atoms with Crippen LogP contribution >= 0.6 is 0 Å². The monoisotopic (exact) mass is 582 g/mol. The molecule has 1 atom stereocenters. The van der Waals surface area contributed by atoms with Crippen molar-refractivity contribution in [2.45, 2.75) is 39.0 Å². The number of allylic oxidation sites excluding steroid dienone is 4. The van der Waals surface area contributed by atoms with Gasteiger partial charge in [-0.15, -0.1) is 0 Å². The molecule has 3 aromatic carbocycles. The Labute approximate surface area is 250 Å². The first kappa shape index (κ1) is 29.7. The Morgan fingerprint density at radius 1 is 1.16 bits per heavy atom. The molecule has 1 amide bonds. The molecule has 1 aromatic heterocycles. The van der Waals surface area contributed by atoms with Gasteiger partial charge in [-0.3, -0.25) is 4.79 Å². The number of benzene rings is 3. The fraction of sp³-hybridized carbons (Fsp3) is 0.229. The van der Waals surface area contributed by atoms with Crippen molar-refractivity contribution in [2.24, 2.45) is 0 Å². The van der Waals surface area contributed by atoms with Crippen LogP contribution in [0.4, 0.5) is 4.39 Å². The van der Waals surface area contributed by atoms with E-state index in [1.54, 1.807) is 19.2 Å². The number of aliphatic hydroxyl groups is 1. The number of carbonyl (C=O) groups excluding carboxylic acids is 1. The molecule has 4 aromatic rings. The summed E-state index contributed by atoms with van der Waals surface area (Å²) in [5.74, 6) is 0.406. The van der Waals surface area contributed by atoms with Crippen molar-refractivity contribution >= 4 is 22.4 Å². The van der Waals surface area contributed by atoms with E-state index in [9.17, 15) is 14.3 Å². The fourth-order valence-corrected chi connectivity index (χ4v) is 5.39. The van der Waals surface area contributed by atoms with Gasteiger partial charge in [-0.2, -0.15) is 0 Å². The van der Waals surface area contributed by atoms with Gasteiger partial charge in [0, 0.05) is 44.9 Å². The zero-order valence-electron chi connectivity index (χ0n) is 24.5. The van der Waals surface area contributed by atoms with E-state index < -0.39 is 17.8 Å². The number of carbonyl (C=O) groups is 1. The van der Waals surface area contributed by atoms with Crippen molar-refractivity contribution in [2.75, 3.05) is 13.7 Å². The third-order valence-corrected chi connectivity index (χ3v) is 7.35. The number of ether oxygens (including phenoxy) is 3. The molecule has 0 bridgehead atoms. The molecule has 0 fully saturated rings. The zero-order chi connectivity index (χ0) is 30.7. The van der Waals surface area contributed by atoms with Crippen LogP contribution in [0.5, 0.6) is 17.2 Å². The van der Waals surface area contributed by atoms with E-state index in [4.69, 9.17) is 14.2 Å². The average Bonchev–Trinajstić information content (AvgIpc) is 3.40. The number of amides is 1. The molecule has 3 N–H and O–H groups in total. The standard InChI is InChI=1S/C35H35FN2O5/c1-6-9-25(21(4)36)28-16-32-29(27-15-33(41-5)34(43-20(2)3)13-23(27)19-42-32)14-30(28)35(40)38-24(18-39)12-22-17-37-31-11-8-7-10-26(22)31/h6-11,13-17,20,24,37,39H,1,4,12,18-19H2,2-3,5H3,(H,38,40)/b25-9+/t24-/m1/s1. The van der Waals surface area contributed by atoms with Crippen LogP contribution in [0.2, 0.25) is 0 Å². The minimum absolute atomic E-state index is 0.0609. The molecular formula is C35H35FN2O5. The molecule has 0 spiro atoms. The topological polar surface area (TPSA) is 92.8 Å². The highest BCUT2D eigenvalue weighted by atomic mass is 19.1. The van der Waals surface area contributed by atoms with Crippen LogP contribution in [-0.2, 0) is 13.0 Å². The number of para-hydroxylation sites is 1. The van der Waals surface area contributed by atoms with Gasteiger partial charge in [0.05, 0.1) is 25.9 Å². The molecule has 0 unspecified atom stereocenters. The Kier molecular flexibility index (Phi) is 8.68. The number of nitrogens with one attached hydrogen (secondary N) is 2. The maximum Gasteiger partial charge on any atom is 0.252 e. The van der Waals surface area contributed by atoms with Crippen molar-refractivity contribution in [3.8, 4) is 28.4 Å². The van der Waals surface area contributed by atoms with Gasteiger partial charge in [-0.05, 0) is 61.7 Å². The van der Waals surface area contributed by atoms with Crippen molar-refractivity contribution in [1.29, 1.82) is 0 Å². The SMILES string of the molecule is C=C/C=C(\C(=C)F)c1cc2c(cc1C(=O)N[C@@H](CO)Cc1c[nH]c3ccccc13)-c1cc(OC)c(OC(C)C)cc1CO2. The lowest BCUT2D eigenvalue weighted by Gasteiger charge is -2.26. The van der Waals surface area contributed by atoms with Gasteiger partial charge in [0.1, 0.15) is 18.2 Å². The summed E-state index contributed by atoms with van der Waals surface area (Å²) < 4.78 is 32.4. The summed E-state index contributed by atoms with van der Waals surface area (Å²) in [6, 6.07) is 14.3. The lowest BCUT2D eigenvalue weighted by atomic mass is 9.89. The van der Waals surface area contributed by atoms with Gasteiger partial charge < -0.3 is 29.6 Å². The minimum Gasteiger partial charge on any atom is -0.493 e. The molecule has 7 nitrogen and oxygen atoms in total. The molecule has 222 valence electrons. The molecule has 1 aliphatic heterocycles. The lowest BCUT2D eigenvalue weighted by molar-refractivity contribution is 0.0916. The second-order valence-corrected chi connectivity index (χ2v) is 10.6. The average molecular weight is 583 g/mol. The molecule has 1 aliphatic rings. The Hall–Kier alpha value is -4.82. The third-order valence-electron chi connectivity index (χ3n) is 7.35. The quantitative estimate of drug-likeness (QED) is 0.167. The summed E-state index contributed by atoms with van der Waals surface area (Å²) in [4.78, 5) is 17.2. The predicted octanol–water partition coefficient (Wildman–Crippen LogP) is 6.91. The summed E-state index contributed by atoms with van der Waals surface area (Å²) in [5.41, 5.74) is 4.82. The molecule has 2 heterocycles. The first-order chi connectivity index (χ1) is 20.7. The first-order valence-electron chi connectivity index (χ1n) is 14.1. The fourth-order valence-electron chi connectivity index (χ4n) is 5.39. The maximum absolute atomic E-state index is 14.8. The highest BCUT2D eigenvalue weighted by Gasteiger charge is 2.27. The number of rotatable bonds is 11. The number of halogens is 1. The Balaban J connectivity index is 1.58. The van der Waals surface area contributed by atoms with Gasteiger partial charge in [0.25, 0.3) is 5.91 Å². The van der Waals surface area contributed by atoms with Crippen LogP contribution in [0.15, 0.2) is 85.9 Å². The van der Waals surface area contributed by atoms with Crippen LogP contribution in [0.1, 0.15) is 40.9 Å². The van der Waals surface area contributed by atoms with Gasteiger partial charge >= 0.3 is 0 Å². The van der Waals surface area contributed by atoms with Gasteiger partial charge in [0.15, 0.2) is 11.5 Å². The van der Waals surface area contributed by atoms with Crippen LogP contribution in [0.25, 0.3) is 27.6 Å². The number of hydrogen-bond donors (Lipinski definition) is 3. The van der Waals surface area contributed by atoms with Crippen molar-refractivity contribution in [1.82, 2.24) is 10.3 Å². The number of hydrogen-bond acceptors (Lipinski definition) is 5. The highest BCUT2D eigenvalue weighted by molar-refractivity contribution is 6.03. The molecule has 0 saturated carbocycles. The molecule has 0 saturated heterocycles. The summed E-state index contributed by atoms with van der Waals surface area (Å²) in [7, 11) is 1.57. The van der Waals surface area contributed by atoms with E-state index in [0.29, 0.717) is 34.8 Å². The molecule has 0 aliphatic carbocycles. The van der Waals surface area contributed by atoms with Gasteiger partial charge in [-0.25, -0.2) is 4.39 Å². The molecule has 8 heteroatoms. The molecular weight excluding hydrogens is 547 g/mol. The molecule has 43 heavy (non-hydrogen) atoms. The second kappa shape index (κ2) is 12.6. The normalized spacial score (nSPS) is 13.1.